The van der Waals surface area contributed by atoms with E-state index in [4.69, 9.17) is 9.84 Å². The van der Waals surface area contributed by atoms with Gasteiger partial charge in [0.15, 0.2) is 0 Å². The van der Waals surface area contributed by atoms with Crippen LogP contribution in [0.1, 0.15) is 24.5 Å². The predicted octanol–water partition coefficient (Wildman–Crippen LogP) is 1.88. The van der Waals surface area contributed by atoms with E-state index >= 15 is 0 Å². The summed E-state index contributed by atoms with van der Waals surface area (Å²) >= 11 is 0. The van der Waals surface area contributed by atoms with Crippen molar-refractivity contribution in [1.29, 1.82) is 0 Å². The number of rotatable bonds is 5. The van der Waals surface area contributed by atoms with E-state index in [1.165, 1.54) is 12.1 Å². The van der Waals surface area contributed by atoms with Crippen molar-refractivity contribution in [3.05, 3.63) is 35.6 Å². The monoisotopic (exact) mass is 253 g/mol. The van der Waals surface area contributed by atoms with E-state index in [0.29, 0.717) is 5.92 Å². The largest absolute Gasteiger partial charge is 0.394 e. The Balaban J connectivity index is 2.12. The van der Waals surface area contributed by atoms with Crippen molar-refractivity contribution in [3.8, 4) is 0 Å². The van der Waals surface area contributed by atoms with Crippen molar-refractivity contribution >= 4 is 0 Å². The average Bonchev–Trinajstić information content (AvgIpc) is 2.40. The summed E-state index contributed by atoms with van der Waals surface area (Å²) in [6.45, 7) is 2.20. The summed E-state index contributed by atoms with van der Waals surface area (Å²) in [4.78, 5) is 0. The fourth-order valence-electron chi connectivity index (χ4n) is 2.50. The summed E-state index contributed by atoms with van der Waals surface area (Å²) in [5.41, 5.74) is 0.858. The van der Waals surface area contributed by atoms with Crippen LogP contribution in [0.4, 0.5) is 4.39 Å². The lowest BCUT2D eigenvalue weighted by molar-refractivity contribution is -0.0134. The zero-order valence-corrected chi connectivity index (χ0v) is 10.4. The van der Waals surface area contributed by atoms with Crippen LogP contribution in [0.25, 0.3) is 0 Å². The maximum Gasteiger partial charge on any atom is 0.123 e. The molecule has 3 nitrogen and oxygen atoms in total. The summed E-state index contributed by atoms with van der Waals surface area (Å²) in [5, 5.41) is 12.2. The number of ether oxygens (including phenoxy) is 1. The van der Waals surface area contributed by atoms with Crippen molar-refractivity contribution in [3.63, 3.8) is 0 Å². The molecule has 0 saturated carbocycles. The van der Waals surface area contributed by atoms with Gasteiger partial charge in [-0.3, -0.25) is 0 Å². The lowest BCUT2D eigenvalue weighted by atomic mass is 9.89. The summed E-state index contributed by atoms with van der Waals surface area (Å²) < 4.78 is 19.0. The number of piperidine rings is 1. The molecular weight excluding hydrogens is 233 g/mol. The highest BCUT2D eigenvalue weighted by atomic mass is 19.1. The second-order valence-electron chi connectivity index (χ2n) is 4.68. The van der Waals surface area contributed by atoms with Gasteiger partial charge in [0.05, 0.1) is 19.3 Å². The zero-order chi connectivity index (χ0) is 12.8. The molecule has 2 rings (SSSR count). The van der Waals surface area contributed by atoms with E-state index in [1.54, 1.807) is 6.07 Å². The van der Waals surface area contributed by atoms with Crippen LogP contribution in [-0.4, -0.2) is 31.4 Å². The molecule has 0 amide bonds. The molecule has 1 fully saturated rings. The molecule has 1 unspecified atom stereocenters. The first kappa shape index (κ1) is 13.5. The van der Waals surface area contributed by atoms with Crippen LogP contribution in [0.2, 0.25) is 0 Å². The smallest absolute Gasteiger partial charge is 0.123 e. The molecule has 2 N–H and O–H groups in total. The maximum atomic E-state index is 13.3. The molecule has 2 atom stereocenters. The molecule has 1 aliphatic heterocycles. The lowest BCUT2D eigenvalue weighted by Crippen LogP contribution is -2.34. The molecule has 1 heterocycles. The molecule has 0 bridgehead atoms. The van der Waals surface area contributed by atoms with E-state index in [2.05, 4.69) is 5.32 Å². The third-order valence-electron chi connectivity index (χ3n) is 3.33. The van der Waals surface area contributed by atoms with Gasteiger partial charge in [-0.25, -0.2) is 4.39 Å². The van der Waals surface area contributed by atoms with E-state index in [9.17, 15) is 4.39 Å². The molecule has 0 radical (unpaired) electrons. The highest BCUT2D eigenvalue weighted by molar-refractivity contribution is 5.20. The van der Waals surface area contributed by atoms with Crippen molar-refractivity contribution < 1.29 is 14.2 Å². The van der Waals surface area contributed by atoms with Gasteiger partial charge in [0.25, 0.3) is 0 Å². The minimum atomic E-state index is -0.242. The Morgan fingerprint density at radius 2 is 2.39 bits per heavy atom. The molecular formula is C14H20FNO2. The van der Waals surface area contributed by atoms with Crippen LogP contribution in [0.5, 0.6) is 0 Å². The second kappa shape index (κ2) is 6.83. The van der Waals surface area contributed by atoms with Crippen LogP contribution in [0.3, 0.4) is 0 Å². The minimum Gasteiger partial charge on any atom is -0.394 e. The van der Waals surface area contributed by atoms with Gasteiger partial charge in [-0.15, -0.1) is 0 Å². The normalized spacial score (nSPS) is 21.8. The van der Waals surface area contributed by atoms with E-state index in [1.807, 2.05) is 6.07 Å². The molecule has 1 aromatic carbocycles. The van der Waals surface area contributed by atoms with Gasteiger partial charge in [0, 0.05) is 12.5 Å². The fourth-order valence-corrected chi connectivity index (χ4v) is 2.50. The Hall–Kier alpha value is -0.970. The third kappa shape index (κ3) is 3.51. The number of aliphatic hydroxyl groups is 1. The maximum absolute atomic E-state index is 13.3. The molecule has 18 heavy (non-hydrogen) atoms. The first-order chi connectivity index (χ1) is 8.81. The zero-order valence-electron chi connectivity index (χ0n) is 10.4. The van der Waals surface area contributed by atoms with Crippen molar-refractivity contribution in [2.45, 2.75) is 18.9 Å². The quantitative estimate of drug-likeness (QED) is 0.842. The number of hydrogen-bond acceptors (Lipinski definition) is 3. The van der Waals surface area contributed by atoms with Gasteiger partial charge in [0.1, 0.15) is 5.82 Å². The van der Waals surface area contributed by atoms with Gasteiger partial charge in [-0.05, 0) is 37.1 Å². The first-order valence-corrected chi connectivity index (χ1v) is 6.50. The highest BCUT2D eigenvalue weighted by Gasteiger charge is 2.25. The van der Waals surface area contributed by atoms with Gasteiger partial charge < -0.3 is 15.2 Å². The van der Waals surface area contributed by atoms with Crippen LogP contribution in [0, 0.1) is 11.7 Å². The Morgan fingerprint density at radius 3 is 3.06 bits per heavy atom. The van der Waals surface area contributed by atoms with E-state index < -0.39 is 0 Å². The first-order valence-electron chi connectivity index (χ1n) is 6.50. The van der Waals surface area contributed by atoms with Gasteiger partial charge in [-0.2, -0.15) is 0 Å². The average molecular weight is 253 g/mol. The van der Waals surface area contributed by atoms with E-state index in [-0.39, 0.29) is 25.1 Å². The standard InChI is InChI=1S/C14H20FNO2/c15-13-5-1-3-11(9-13)14(18-8-7-17)12-4-2-6-16-10-12/h1,3,5,9,12,14,16-17H,2,4,6-8,10H2/t12?,14-/m0/s1. The number of benzene rings is 1. The number of nitrogens with one attached hydrogen (secondary N) is 1. The van der Waals surface area contributed by atoms with Gasteiger partial charge >= 0.3 is 0 Å². The third-order valence-corrected chi connectivity index (χ3v) is 3.33. The van der Waals surface area contributed by atoms with Crippen LogP contribution >= 0.6 is 0 Å². The van der Waals surface area contributed by atoms with E-state index in [0.717, 1.165) is 31.5 Å². The van der Waals surface area contributed by atoms with Gasteiger partial charge in [0.2, 0.25) is 0 Å². The van der Waals surface area contributed by atoms with Crippen molar-refractivity contribution in [1.82, 2.24) is 5.32 Å². The fraction of sp³-hybridized carbons (Fsp3) is 0.571. The second-order valence-corrected chi connectivity index (χ2v) is 4.68. The minimum absolute atomic E-state index is 0.00797. The molecule has 0 spiro atoms. The summed E-state index contributed by atoms with van der Waals surface area (Å²) in [6.07, 6.45) is 2.04. The number of hydrogen-bond donors (Lipinski definition) is 2. The van der Waals surface area contributed by atoms with Gasteiger partial charge in [-0.1, -0.05) is 12.1 Å². The number of halogens is 1. The summed E-state index contributed by atoms with van der Waals surface area (Å²) in [6, 6.07) is 6.55. The Labute approximate surface area is 107 Å². The molecule has 0 aliphatic carbocycles. The molecule has 4 heteroatoms. The highest BCUT2D eigenvalue weighted by Crippen LogP contribution is 2.30. The molecule has 1 aromatic rings. The summed E-state index contributed by atoms with van der Waals surface area (Å²) in [5.74, 6) is 0.0981. The Kier molecular flexibility index (Phi) is 5.11. The Bertz CT molecular complexity index is 367. The molecule has 1 aliphatic rings. The van der Waals surface area contributed by atoms with Crippen LogP contribution in [0.15, 0.2) is 24.3 Å². The lowest BCUT2D eigenvalue weighted by Gasteiger charge is -2.31. The molecule has 1 saturated heterocycles. The van der Waals surface area contributed by atoms with Crippen LogP contribution in [-0.2, 0) is 4.74 Å². The topological polar surface area (TPSA) is 41.5 Å². The SMILES string of the molecule is OCCO[C@@H](c1cccc(F)c1)C1CCCNC1. The summed E-state index contributed by atoms with van der Waals surface area (Å²) in [7, 11) is 0. The number of aliphatic hydroxyl groups excluding tert-OH is 1. The van der Waals surface area contributed by atoms with Crippen molar-refractivity contribution in [2.24, 2.45) is 5.92 Å². The Morgan fingerprint density at radius 1 is 1.50 bits per heavy atom. The molecule has 0 aromatic heterocycles. The predicted molar refractivity (Wildman–Crippen MR) is 67.8 cm³/mol. The van der Waals surface area contributed by atoms with Crippen molar-refractivity contribution in [2.75, 3.05) is 26.3 Å². The molecule has 100 valence electrons. The van der Waals surface area contributed by atoms with Crippen LogP contribution < -0.4 is 5.32 Å².